The van der Waals surface area contributed by atoms with Gasteiger partial charge in [0.05, 0.1) is 16.8 Å². The number of carboxylic acids is 1. The van der Waals surface area contributed by atoms with E-state index in [0.717, 1.165) is 0 Å². The number of rotatable bonds is 3. The second kappa shape index (κ2) is 5.71. The largest absolute Gasteiger partial charge is 0.478 e. The fourth-order valence-corrected chi connectivity index (χ4v) is 1.98. The van der Waals surface area contributed by atoms with E-state index in [-0.39, 0.29) is 16.3 Å². The van der Waals surface area contributed by atoms with E-state index in [0.29, 0.717) is 5.69 Å². The lowest BCUT2D eigenvalue weighted by atomic mass is 10.1. The summed E-state index contributed by atoms with van der Waals surface area (Å²) < 4.78 is 0. The Morgan fingerprint density at radius 3 is 2.45 bits per heavy atom. The van der Waals surface area contributed by atoms with Gasteiger partial charge >= 0.3 is 5.97 Å². The Labute approximate surface area is 120 Å². The SMILES string of the molecule is CN(C(=O)c1cccnc1Cl)c1ccccc1C(=O)O. The topological polar surface area (TPSA) is 70.5 Å². The van der Waals surface area contributed by atoms with E-state index in [1.54, 1.807) is 24.3 Å². The predicted molar refractivity (Wildman–Crippen MR) is 75.4 cm³/mol. The Hall–Kier alpha value is -2.40. The van der Waals surface area contributed by atoms with Crippen LogP contribution in [0.5, 0.6) is 0 Å². The summed E-state index contributed by atoms with van der Waals surface area (Å²) in [7, 11) is 1.49. The van der Waals surface area contributed by atoms with Crippen LogP contribution < -0.4 is 4.90 Å². The summed E-state index contributed by atoms with van der Waals surface area (Å²) in [6.07, 6.45) is 1.48. The van der Waals surface area contributed by atoms with Crippen molar-refractivity contribution in [3.63, 3.8) is 0 Å². The van der Waals surface area contributed by atoms with Crippen LogP contribution in [0.4, 0.5) is 5.69 Å². The minimum atomic E-state index is -1.10. The summed E-state index contributed by atoms with van der Waals surface area (Å²) in [5, 5.41) is 9.23. The number of anilines is 1. The summed E-state index contributed by atoms with van der Waals surface area (Å²) in [6.45, 7) is 0. The van der Waals surface area contributed by atoms with Crippen LogP contribution in [-0.4, -0.2) is 29.0 Å². The van der Waals surface area contributed by atoms with Gasteiger partial charge in [0.25, 0.3) is 5.91 Å². The zero-order valence-electron chi connectivity index (χ0n) is 10.6. The molecule has 102 valence electrons. The summed E-state index contributed by atoms with van der Waals surface area (Å²) in [6, 6.07) is 9.39. The molecule has 2 aromatic rings. The molecular weight excluding hydrogens is 280 g/mol. The third-order valence-corrected chi connectivity index (χ3v) is 3.09. The van der Waals surface area contributed by atoms with Gasteiger partial charge in [-0.2, -0.15) is 0 Å². The first-order valence-electron chi connectivity index (χ1n) is 5.73. The molecule has 20 heavy (non-hydrogen) atoms. The van der Waals surface area contributed by atoms with Crippen LogP contribution in [0.2, 0.25) is 5.15 Å². The Morgan fingerprint density at radius 1 is 1.15 bits per heavy atom. The summed E-state index contributed by atoms with van der Waals surface area (Å²) >= 11 is 5.88. The second-order valence-corrected chi connectivity index (χ2v) is 4.39. The molecule has 1 heterocycles. The first kappa shape index (κ1) is 14.0. The Morgan fingerprint density at radius 2 is 1.80 bits per heavy atom. The van der Waals surface area contributed by atoms with Gasteiger partial charge in [0, 0.05) is 13.2 Å². The molecule has 1 aromatic carbocycles. The molecule has 2 rings (SSSR count). The highest BCUT2D eigenvalue weighted by Gasteiger charge is 2.21. The van der Waals surface area contributed by atoms with Crippen LogP contribution in [-0.2, 0) is 0 Å². The molecule has 0 radical (unpaired) electrons. The van der Waals surface area contributed by atoms with Gasteiger partial charge in [-0.1, -0.05) is 23.7 Å². The lowest BCUT2D eigenvalue weighted by Crippen LogP contribution is -2.28. The van der Waals surface area contributed by atoms with E-state index < -0.39 is 11.9 Å². The van der Waals surface area contributed by atoms with Crippen LogP contribution in [0.25, 0.3) is 0 Å². The fourth-order valence-electron chi connectivity index (χ4n) is 1.78. The van der Waals surface area contributed by atoms with Gasteiger partial charge in [-0.15, -0.1) is 0 Å². The molecule has 0 unspecified atom stereocenters. The number of nitrogens with zero attached hydrogens (tertiary/aromatic N) is 2. The van der Waals surface area contributed by atoms with Crippen molar-refractivity contribution < 1.29 is 14.7 Å². The third kappa shape index (κ3) is 2.62. The Balaban J connectivity index is 2.42. The number of carbonyl (C=O) groups is 2. The molecule has 0 spiro atoms. The molecule has 6 heteroatoms. The summed E-state index contributed by atoms with van der Waals surface area (Å²) in [5.41, 5.74) is 0.560. The number of aromatic nitrogens is 1. The van der Waals surface area contributed by atoms with Crippen LogP contribution in [0.3, 0.4) is 0 Å². The lowest BCUT2D eigenvalue weighted by molar-refractivity contribution is 0.0697. The first-order valence-corrected chi connectivity index (χ1v) is 6.11. The first-order chi connectivity index (χ1) is 9.52. The van der Waals surface area contributed by atoms with E-state index in [2.05, 4.69) is 4.98 Å². The summed E-state index contributed by atoms with van der Waals surface area (Å²) in [5.74, 6) is -1.52. The molecule has 0 aliphatic rings. The number of halogens is 1. The molecule has 0 aliphatic heterocycles. The molecule has 1 amide bonds. The maximum Gasteiger partial charge on any atom is 0.337 e. The third-order valence-electron chi connectivity index (χ3n) is 2.79. The molecule has 0 aliphatic carbocycles. The highest BCUT2D eigenvalue weighted by atomic mass is 35.5. The average molecular weight is 291 g/mol. The van der Waals surface area contributed by atoms with Crippen LogP contribution in [0.1, 0.15) is 20.7 Å². The van der Waals surface area contributed by atoms with Crippen molar-refractivity contribution in [2.24, 2.45) is 0 Å². The predicted octanol–water partition coefficient (Wildman–Crippen LogP) is 2.71. The van der Waals surface area contributed by atoms with Crippen molar-refractivity contribution in [1.29, 1.82) is 0 Å². The lowest BCUT2D eigenvalue weighted by Gasteiger charge is -2.19. The van der Waals surface area contributed by atoms with Crippen molar-refractivity contribution in [2.75, 3.05) is 11.9 Å². The van der Waals surface area contributed by atoms with Crippen molar-refractivity contribution >= 4 is 29.2 Å². The minimum Gasteiger partial charge on any atom is -0.478 e. The van der Waals surface area contributed by atoms with Gasteiger partial charge in [-0.25, -0.2) is 9.78 Å². The average Bonchev–Trinajstić information content (AvgIpc) is 2.46. The van der Waals surface area contributed by atoms with E-state index in [9.17, 15) is 9.59 Å². The van der Waals surface area contributed by atoms with Crippen molar-refractivity contribution in [1.82, 2.24) is 4.98 Å². The highest BCUT2D eigenvalue weighted by molar-refractivity contribution is 6.33. The monoisotopic (exact) mass is 290 g/mol. The number of para-hydroxylation sites is 1. The van der Waals surface area contributed by atoms with Gasteiger partial charge in [-0.3, -0.25) is 4.79 Å². The Bertz CT molecular complexity index is 673. The minimum absolute atomic E-state index is 0.0448. The molecule has 0 bridgehead atoms. The second-order valence-electron chi connectivity index (χ2n) is 4.03. The fraction of sp³-hybridized carbons (Fsp3) is 0.0714. The molecule has 0 saturated heterocycles. The number of amides is 1. The van der Waals surface area contributed by atoms with Gasteiger partial charge in [0.15, 0.2) is 0 Å². The van der Waals surface area contributed by atoms with Crippen LogP contribution in [0.15, 0.2) is 42.6 Å². The number of hydrogen-bond donors (Lipinski definition) is 1. The van der Waals surface area contributed by atoms with Gasteiger partial charge < -0.3 is 10.0 Å². The normalized spacial score (nSPS) is 10.1. The molecule has 0 saturated carbocycles. The number of aromatic carboxylic acids is 1. The number of hydrogen-bond acceptors (Lipinski definition) is 3. The van der Waals surface area contributed by atoms with Crippen molar-refractivity contribution in [2.45, 2.75) is 0 Å². The number of pyridine rings is 1. The van der Waals surface area contributed by atoms with Crippen LogP contribution >= 0.6 is 11.6 Å². The molecule has 0 atom stereocenters. The van der Waals surface area contributed by atoms with Gasteiger partial charge in [0.2, 0.25) is 0 Å². The maximum atomic E-state index is 12.3. The molecule has 5 nitrogen and oxygen atoms in total. The van der Waals surface area contributed by atoms with Gasteiger partial charge in [-0.05, 0) is 24.3 Å². The quantitative estimate of drug-likeness (QED) is 0.882. The molecule has 0 fully saturated rings. The van der Waals surface area contributed by atoms with E-state index in [4.69, 9.17) is 16.7 Å². The number of carboxylic acid groups (broad SMARTS) is 1. The van der Waals surface area contributed by atoms with Crippen LogP contribution in [0, 0.1) is 0 Å². The van der Waals surface area contributed by atoms with Crippen molar-refractivity contribution in [3.05, 3.63) is 58.9 Å². The highest BCUT2D eigenvalue weighted by Crippen LogP contribution is 2.22. The zero-order chi connectivity index (χ0) is 14.7. The number of benzene rings is 1. The molecular formula is C14H11ClN2O3. The van der Waals surface area contributed by atoms with Gasteiger partial charge in [0.1, 0.15) is 5.15 Å². The standard InChI is InChI=1S/C14H11ClN2O3/c1-17(11-7-3-2-5-9(11)14(19)20)13(18)10-6-4-8-16-12(10)15/h2-8H,1H3,(H,19,20). The van der Waals surface area contributed by atoms with Crippen molar-refractivity contribution in [3.8, 4) is 0 Å². The molecule has 1 N–H and O–H groups in total. The Kier molecular flexibility index (Phi) is 4.00. The van der Waals surface area contributed by atoms with E-state index in [1.807, 2.05) is 0 Å². The number of carbonyl (C=O) groups excluding carboxylic acids is 1. The summed E-state index contributed by atoms with van der Waals surface area (Å²) in [4.78, 5) is 28.6. The van der Waals surface area contributed by atoms with E-state index in [1.165, 1.54) is 30.3 Å². The maximum absolute atomic E-state index is 12.3. The zero-order valence-corrected chi connectivity index (χ0v) is 11.3. The smallest absolute Gasteiger partial charge is 0.337 e. The molecule has 1 aromatic heterocycles. The van der Waals surface area contributed by atoms with E-state index >= 15 is 0 Å².